The van der Waals surface area contributed by atoms with Crippen LogP contribution >= 0.6 is 11.6 Å². The number of rotatable bonds is 6. The molecule has 0 saturated heterocycles. The Morgan fingerprint density at radius 3 is 2.78 bits per heavy atom. The van der Waals surface area contributed by atoms with E-state index in [9.17, 15) is 9.59 Å². The molecule has 1 aromatic heterocycles. The van der Waals surface area contributed by atoms with E-state index < -0.39 is 5.97 Å². The van der Waals surface area contributed by atoms with Gasteiger partial charge in [0.25, 0.3) is 5.91 Å². The smallest absolute Gasteiger partial charge is 0.306 e. The summed E-state index contributed by atoms with van der Waals surface area (Å²) in [5, 5.41) is 11.7. The third-order valence-corrected chi connectivity index (χ3v) is 2.73. The van der Waals surface area contributed by atoms with E-state index in [2.05, 4.69) is 10.3 Å². The third kappa shape index (κ3) is 4.71. The lowest BCUT2D eigenvalue weighted by molar-refractivity contribution is -0.141. The summed E-state index contributed by atoms with van der Waals surface area (Å²) in [5.41, 5.74) is 0.436. The fourth-order valence-electron chi connectivity index (χ4n) is 1.35. The van der Waals surface area contributed by atoms with Gasteiger partial charge in [-0.1, -0.05) is 18.5 Å². The van der Waals surface area contributed by atoms with Gasteiger partial charge in [-0.3, -0.25) is 9.59 Å². The third-order valence-electron chi connectivity index (χ3n) is 2.51. The first-order valence-corrected chi connectivity index (χ1v) is 6.01. The van der Waals surface area contributed by atoms with Crippen LogP contribution in [0.25, 0.3) is 0 Å². The molecule has 1 amide bonds. The van der Waals surface area contributed by atoms with Crippen LogP contribution in [0.15, 0.2) is 18.3 Å². The number of hydrogen-bond acceptors (Lipinski definition) is 3. The van der Waals surface area contributed by atoms with E-state index in [0.717, 1.165) is 0 Å². The molecule has 1 atom stereocenters. The number of carbonyl (C=O) groups is 2. The molecule has 0 aliphatic heterocycles. The van der Waals surface area contributed by atoms with Gasteiger partial charge in [-0.25, -0.2) is 4.98 Å². The topological polar surface area (TPSA) is 79.3 Å². The maximum absolute atomic E-state index is 11.6. The Balaban J connectivity index is 2.29. The summed E-state index contributed by atoms with van der Waals surface area (Å²) >= 11 is 5.61. The molecule has 18 heavy (non-hydrogen) atoms. The molecule has 1 aromatic rings. The molecule has 1 rings (SSSR count). The Labute approximate surface area is 110 Å². The summed E-state index contributed by atoms with van der Waals surface area (Å²) in [6.45, 7) is 2.09. The number of nitrogens with one attached hydrogen (secondary N) is 1. The van der Waals surface area contributed by atoms with Crippen LogP contribution in [0.3, 0.4) is 0 Å². The summed E-state index contributed by atoms with van der Waals surface area (Å²) in [6.07, 6.45) is 2.56. The lowest BCUT2D eigenvalue weighted by Crippen LogP contribution is -2.25. The molecule has 0 aliphatic rings. The van der Waals surface area contributed by atoms with Crippen LogP contribution in [0.4, 0.5) is 0 Å². The number of carboxylic acid groups (broad SMARTS) is 1. The van der Waals surface area contributed by atoms with Gasteiger partial charge in [0.15, 0.2) is 0 Å². The van der Waals surface area contributed by atoms with Gasteiger partial charge in [0, 0.05) is 12.7 Å². The second kappa shape index (κ2) is 6.96. The molecule has 6 heteroatoms. The molecule has 2 N–H and O–H groups in total. The maximum atomic E-state index is 11.6. The van der Waals surface area contributed by atoms with E-state index in [4.69, 9.17) is 16.7 Å². The zero-order chi connectivity index (χ0) is 13.5. The van der Waals surface area contributed by atoms with Gasteiger partial charge in [0.1, 0.15) is 5.15 Å². The predicted molar refractivity (Wildman–Crippen MR) is 67.6 cm³/mol. The van der Waals surface area contributed by atoms with Gasteiger partial charge in [-0.2, -0.15) is 0 Å². The van der Waals surface area contributed by atoms with Crippen molar-refractivity contribution in [2.75, 3.05) is 6.54 Å². The molecule has 0 fully saturated rings. The average Bonchev–Trinajstić information content (AvgIpc) is 2.34. The van der Waals surface area contributed by atoms with Crippen molar-refractivity contribution in [3.63, 3.8) is 0 Å². The maximum Gasteiger partial charge on any atom is 0.306 e. The summed E-state index contributed by atoms with van der Waals surface area (Å²) < 4.78 is 0. The van der Waals surface area contributed by atoms with Gasteiger partial charge < -0.3 is 10.4 Å². The van der Waals surface area contributed by atoms with Gasteiger partial charge in [0.05, 0.1) is 11.5 Å². The molecule has 0 spiro atoms. The van der Waals surface area contributed by atoms with Crippen molar-refractivity contribution >= 4 is 23.5 Å². The minimum atomic E-state index is -0.816. The number of amides is 1. The molecule has 0 bridgehead atoms. The monoisotopic (exact) mass is 270 g/mol. The molecular weight excluding hydrogens is 256 g/mol. The highest BCUT2D eigenvalue weighted by molar-refractivity contribution is 6.29. The van der Waals surface area contributed by atoms with Crippen LogP contribution in [-0.4, -0.2) is 28.5 Å². The van der Waals surface area contributed by atoms with Crippen molar-refractivity contribution in [3.8, 4) is 0 Å². The minimum Gasteiger partial charge on any atom is -0.481 e. The van der Waals surface area contributed by atoms with Crippen LogP contribution < -0.4 is 5.32 Å². The van der Waals surface area contributed by atoms with Crippen LogP contribution in [0.2, 0.25) is 5.15 Å². The Hall–Kier alpha value is -1.62. The van der Waals surface area contributed by atoms with Gasteiger partial charge >= 0.3 is 5.97 Å². The number of aromatic nitrogens is 1. The first kappa shape index (κ1) is 14.4. The highest BCUT2D eigenvalue weighted by atomic mass is 35.5. The number of nitrogens with zero attached hydrogens (tertiary/aromatic N) is 1. The molecule has 0 saturated carbocycles. The van der Waals surface area contributed by atoms with E-state index in [0.29, 0.717) is 30.1 Å². The number of pyridine rings is 1. The average molecular weight is 271 g/mol. The Morgan fingerprint density at radius 2 is 2.22 bits per heavy atom. The normalized spacial score (nSPS) is 11.9. The van der Waals surface area contributed by atoms with Crippen LogP contribution in [0.5, 0.6) is 0 Å². The quantitative estimate of drug-likeness (QED) is 0.612. The molecule has 0 aromatic carbocycles. The lowest BCUT2D eigenvalue weighted by Gasteiger charge is -2.07. The zero-order valence-electron chi connectivity index (χ0n) is 10.0. The van der Waals surface area contributed by atoms with Crippen LogP contribution in [-0.2, 0) is 4.79 Å². The van der Waals surface area contributed by atoms with Crippen molar-refractivity contribution in [3.05, 3.63) is 29.0 Å². The van der Waals surface area contributed by atoms with Gasteiger partial charge in [-0.05, 0) is 25.0 Å². The molecule has 1 unspecified atom stereocenters. The van der Waals surface area contributed by atoms with Crippen molar-refractivity contribution in [2.45, 2.75) is 19.8 Å². The summed E-state index contributed by atoms with van der Waals surface area (Å²) in [7, 11) is 0. The Morgan fingerprint density at radius 1 is 1.50 bits per heavy atom. The summed E-state index contributed by atoms with van der Waals surface area (Å²) in [4.78, 5) is 26.0. The summed E-state index contributed by atoms with van der Waals surface area (Å²) in [6, 6.07) is 3.13. The first-order chi connectivity index (χ1) is 8.50. The van der Waals surface area contributed by atoms with Gasteiger partial charge in [0.2, 0.25) is 0 Å². The Bertz CT molecular complexity index is 420. The van der Waals surface area contributed by atoms with E-state index in [-0.39, 0.29) is 11.8 Å². The predicted octanol–water partition coefficient (Wildman–Crippen LogP) is 1.97. The zero-order valence-corrected chi connectivity index (χ0v) is 10.8. The minimum absolute atomic E-state index is 0.234. The fourth-order valence-corrected chi connectivity index (χ4v) is 1.46. The number of hydrogen-bond donors (Lipinski definition) is 2. The van der Waals surface area contributed by atoms with E-state index in [1.54, 1.807) is 19.1 Å². The van der Waals surface area contributed by atoms with Crippen molar-refractivity contribution in [1.82, 2.24) is 10.3 Å². The molecule has 0 aliphatic carbocycles. The number of aliphatic carboxylic acids is 1. The molecule has 0 radical (unpaired) electrons. The highest BCUT2D eigenvalue weighted by Gasteiger charge is 2.10. The summed E-state index contributed by atoms with van der Waals surface area (Å²) in [5.74, 6) is -1.44. The van der Waals surface area contributed by atoms with E-state index in [1.807, 2.05) is 0 Å². The van der Waals surface area contributed by atoms with E-state index in [1.165, 1.54) is 6.20 Å². The van der Waals surface area contributed by atoms with Crippen LogP contribution in [0.1, 0.15) is 30.1 Å². The second-order valence-electron chi connectivity index (χ2n) is 4.01. The largest absolute Gasteiger partial charge is 0.481 e. The van der Waals surface area contributed by atoms with Crippen LogP contribution in [0, 0.1) is 5.92 Å². The van der Waals surface area contributed by atoms with Gasteiger partial charge in [-0.15, -0.1) is 0 Å². The number of halogens is 1. The highest BCUT2D eigenvalue weighted by Crippen LogP contribution is 2.06. The van der Waals surface area contributed by atoms with Crippen molar-refractivity contribution in [2.24, 2.45) is 5.92 Å². The molecule has 98 valence electrons. The molecular formula is C12H15ClN2O3. The number of carboxylic acids is 1. The lowest BCUT2D eigenvalue weighted by atomic mass is 10.1. The molecule has 1 heterocycles. The molecule has 5 nitrogen and oxygen atoms in total. The van der Waals surface area contributed by atoms with Crippen molar-refractivity contribution < 1.29 is 14.7 Å². The van der Waals surface area contributed by atoms with Crippen molar-refractivity contribution in [1.29, 1.82) is 0 Å². The fraction of sp³-hybridized carbons (Fsp3) is 0.417. The van der Waals surface area contributed by atoms with E-state index >= 15 is 0 Å². The Kier molecular flexibility index (Phi) is 5.58. The number of carbonyl (C=O) groups excluding carboxylic acids is 1. The SMILES string of the molecule is CC(CCCNC(=O)c1ccc(Cl)nc1)C(=O)O. The first-order valence-electron chi connectivity index (χ1n) is 5.63. The second-order valence-corrected chi connectivity index (χ2v) is 4.39. The standard InChI is InChI=1S/C12H15ClN2O3/c1-8(12(17)18)3-2-6-14-11(16)9-4-5-10(13)15-7-9/h4-5,7-8H,2-3,6H2,1H3,(H,14,16)(H,17,18).